The zero-order valence-electron chi connectivity index (χ0n) is 6.88. The van der Waals surface area contributed by atoms with Crippen LogP contribution >= 0.6 is 23.2 Å². The van der Waals surface area contributed by atoms with E-state index in [1.165, 1.54) is 18.2 Å². The Morgan fingerprint density at radius 3 is 2.43 bits per heavy atom. The summed E-state index contributed by atoms with van der Waals surface area (Å²) in [6.45, 7) is 0. The van der Waals surface area contributed by atoms with E-state index < -0.39 is 11.9 Å². The number of nitrogens with one attached hydrogen (secondary N) is 1. The van der Waals surface area contributed by atoms with E-state index in [9.17, 15) is 9.59 Å². The molecular weight excluding hydrogens is 227 g/mol. The predicted octanol–water partition coefficient (Wildman–Crippen LogP) is 1.80. The molecule has 0 aliphatic carbocycles. The van der Waals surface area contributed by atoms with Crippen LogP contribution in [0.2, 0.25) is 10.0 Å². The van der Waals surface area contributed by atoms with E-state index in [4.69, 9.17) is 28.9 Å². The van der Waals surface area contributed by atoms with Gasteiger partial charge < -0.3 is 5.73 Å². The van der Waals surface area contributed by atoms with Crippen LogP contribution in [-0.2, 0) is 0 Å². The molecule has 0 saturated heterocycles. The van der Waals surface area contributed by atoms with Gasteiger partial charge in [0, 0.05) is 5.02 Å². The molecule has 0 spiro atoms. The van der Waals surface area contributed by atoms with Crippen molar-refractivity contribution in [1.82, 2.24) is 5.32 Å². The number of nitrogens with two attached hydrogens (primary N) is 1. The van der Waals surface area contributed by atoms with Gasteiger partial charge in [0.05, 0.1) is 10.6 Å². The van der Waals surface area contributed by atoms with Crippen molar-refractivity contribution >= 4 is 35.1 Å². The molecule has 1 rings (SSSR count). The van der Waals surface area contributed by atoms with E-state index in [0.29, 0.717) is 5.02 Å². The summed E-state index contributed by atoms with van der Waals surface area (Å²) >= 11 is 11.3. The van der Waals surface area contributed by atoms with E-state index >= 15 is 0 Å². The number of urea groups is 1. The first kappa shape index (κ1) is 10.8. The van der Waals surface area contributed by atoms with Crippen molar-refractivity contribution in [2.75, 3.05) is 0 Å². The molecule has 1 aromatic carbocycles. The minimum atomic E-state index is -0.930. The number of hydrogen-bond donors (Lipinski definition) is 2. The lowest BCUT2D eigenvalue weighted by Crippen LogP contribution is -2.35. The Morgan fingerprint density at radius 1 is 1.29 bits per heavy atom. The number of rotatable bonds is 1. The lowest BCUT2D eigenvalue weighted by Gasteiger charge is -2.03. The summed E-state index contributed by atoms with van der Waals surface area (Å²) in [6, 6.07) is 3.37. The highest BCUT2D eigenvalue weighted by Crippen LogP contribution is 2.20. The maximum Gasteiger partial charge on any atom is 0.319 e. The highest BCUT2D eigenvalue weighted by molar-refractivity contribution is 6.37. The first-order valence-electron chi connectivity index (χ1n) is 3.56. The fourth-order valence-corrected chi connectivity index (χ4v) is 1.35. The van der Waals surface area contributed by atoms with Crippen LogP contribution in [0.15, 0.2) is 18.2 Å². The van der Waals surface area contributed by atoms with Crippen LogP contribution in [0.3, 0.4) is 0 Å². The molecule has 14 heavy (non-hydrogen) atoms. The highest BCUT2D eigenvalue weighted by Gasteiger charge is 2.11. The zero-order chi connectivity index (χ0) is 10.7. The Morgan fingerprint density at radius 2 is 1.93 bits per heavy atom. The summed E-state index contributed by atoms with van der Waals surface area (Å²) in [6.07, 6.45) is 0. The second kappa shape index (κ2) is 4.30. The van der Waals surface area contributed by atoms with Crippen molar-refractivity contribution in [1.29, 1.82) is 0 Å². The van der Waals surface area contributed by atoms with Crippen LogP contribution in [0.1, 0.15) is 10.4 Å². The van der Waals surface area contributed by atoms with E-state index in [1.807, 2.05) is 5.32 Å². The summed E-state index contributed by atoms with van der Waals surface area (Å²) in [5.74, 6) is -0.654. The largest absolute Gasteiger partial charge is 0.351 e. The molecule has 0 aliphatic heterocycles. The van der Waals surface area contributed by atoms with Gasteiger partial charge in [-0.2, -0.15) is 0 Å². The van der Waals surface area contributed by atoms with Crippen LogP contribution < -0.4 is 11.1 Å². The minimum Gasteiger partial charge on any atom is -0.351 e. The van der Waals surface area contributed by atoms with Gasteiger partial charge in [0.2, 0.25) is 0 Å². The SMILES string of the molecule is NC(=O)NC(=O)c1ccc(Cl)cc1Cl. The molecule has 0 atom stereocenters. The molecule has 1 aromatic rings. The smallest absolute Gasteiger partial charge is 0.319 e. The average molecular weight is 233 g/mol. The van der Waals surface area contributed by atoms with Crippen molar-refractivity contribution in [2.24, 2.45) is 5.73 Å². The van der Waals surface area contributed by atoms with Gasteiger partial charge in [-0.05, 0) is 18.2 Å². The maximum atomic E-state index is 11.2. The van der Waals surface area contributed by atoms with E-state index in [0.717, 1.165) is 0 Å². The van der Waals surface area contributed by atoms with Gasteiger partial charge in [-0.25, -0.2) is 4.79 Å². The summed E-state index contributed by atoms with van der Waals surface area (Å²) in [7, 11) is 0. The molecule has 74 valence electrons. The van der Waals surface area contributed by atoms with Crippen molar-refractivity contribution < 1.29 is 9.59 Å². The number of benzene rings is 1. The Balaban J connectivity index is 2.96. The van der Waals surface area contributed by atoms with Gasteiger partial charge >= 0.3 is 6.03 Å². The first-order valence-corrected chi connectivity index (χ1v) is 4.32. The van der Waals surface area contributed by atoms with Gasteiger partial charge in [-0.1, -0.05) is 23.2 Å². The van der Waals surface area contributed by atoms with E-state index in [2.05, 4.69) is 0 Å². The van der Waals surface area contributed by atoms with Crippen LogP contribution in [0.25, 0.3) is 0 Å². The standard InChI is InChI=1S/C8H6Cl2N2O2/c9-4-1-2-5(6(10)3-4)7(13)12-8(11)14/h1-3H,(H3,11,12,13,14). The molecular formula is C8H6Cl2N2O2. The topological polar surface area (TPSA) is 72.2 Å². The second-order valence-corrected chi connectivity index (χ2v) is 3.29. The molecule has 4 nitrogen and oxygen atoms in total. The Bertz CT molecular complexity index is 393. The minimum absolute atomic E-state index is 0.148. The molecule has 3 N–H and O–H groups in total. The maximum absolute atomic E-state index is 11.2. The van der Waals surface area contributed by atoms with Crippen LogP contribution in [0.4, 0.5) is 4.79 Å². The summed E-state index contributed by atoms with van der Waals surface area (Å²) in [5.41, 5.74) is 4.92. The molecule has 6 heteroatoms. The zero-order valence-corrected chi connectivity index (χ0v) is 8.39. The molecule has 0 aliphatic rings. The molecule has 0 fully saturated rings. The number of amides is 3. The van der Waals surface area contributed by atoms with Crippen molar-refractivity contribution in [2.45, 2.75) is 0 Å². The van der Waals surface area contributed by atoms with Crippen LogP contribution in [-0.4, -0.2) is 11.9 Å². The number of halogens is 2. The van der Waals surface area contributed by atoms with Crippen molar-refractivity contribution in [3.63, 3.8) is 0 Å². The van der Waals surface area contributed by atoms with Gasteiger partial charge in [-0.3, -0.25) is 10.1 Å². The van der Waals surface area contributed by atoms with Gasteiger partial charge in [-0.15, -0.1) is 0 Å². The average Bonchev–Trinajstić information content (AvgIpc) is 2.01. The number of hydrogen-bond acceptors (Lipinski definition) is 2. The Hall–Kier alpha value is -1.26. The fraction of sp³-hybridized carbons (Fsp3) is 0. The number of carbonyl (C=O) groups excluding carboxylic acids is 2. The number of primary amides is 1. The Kier molecular flexibility index (Phi) is 3.33. The lowest BCUT2D eigenvalue weighted by atomic mass is 10.2. The lowest BCUT2D eigenvalue weighted by molar-refractivity contribution is 0.0966. The van der Waals surface area contributed by atoms with Gasteiger partial charge in [0.15, 0.2) is 0 Å². The van der Waals surface area contributed by atoms with E-state index in [-0.39, 0.29) is 10.6 Å². The van der Waals surface area contributed by atoms with Crippen molar-refractivity contribution in [3.05, 3.63) is 33.8 Å². The van der Waals surface area contributed by atoms with Crippen LogP contribution in [0.5, 0.6) is 0 Å². The number of carbonyl (C=O) groups is 2. The third-order valence-electron chi connectivity index (χ3n) is 1.41. The van der Waals surface area contributed by atoms with E-state index in [1.54, 1.807) is 0 Å². The molecule has 0 bridgehead atoms. The molecule has 0 saturated carbocycles. The quantitative estimate of drug-likeness (QED) is 0.776. The molecule has 0 radical (unpaired) electrons. The second-order valence-electron chi connectivity index (χ2n) is 2.44. The predicted molar refractivity (Wildman–Crippen MR) is 53.5 cm³/mol. The molecule has 3 amide bonds. The van der Waals surface area contributed by atoms with Gasteiger partial charge in [0.25, 0.3) is 5.91 Å². The van der Waals surface area contributed by atoms with Gasteiger partial charge in [0.1, 0.15) is 0 Å². The molecule has 0 unspecified atom stereocenters. The highest BCUT2D eigenvalue weighted by atomic mass is 35.5. The summed E-state index contributed by atoms with van der Waals surface area (Å²) in [5, 5.41) is 2.46. The summed E-state index contributed by atoms with van der Waals surface area (Å²) < 4.78 is 0. The third-order valence-corrected chi connectivity index (χ3v) is 1.96. The molecule has 0 heterocycles. The molecule has 0 aromatic heterocycles. The third kappa shape index (κ3) is 2.61. The normalized spacial score (nSPS) is 9.57. The number of imide groups is 1. The monoisotopic (exact) mass is 232 g/mol. The fourth-order valence-electron chi connectivity index (χ4n) is 0.853. The Labute approximate surface area is 90.0 Å². The summed E-state index contributed by atoms with van der Waals surface area (Å²) in [4.78, 5) is 21.6. The first-order chi connectivity index (χ1) is 6.50. The van der Waals surface area contributed by atoms with Crippen LogP contribution in [0, 0.1) is 0 Å². The van der Waals surface area contributed by atoms with Crippen molar-refractivity contribution in [3.8, 4) is 0 Å².